The van der Waals surface area contributed by atoms with Gasteiger partial charge in [-0.05, 0) is 38.5 Å². The van der Waals surface area contributed by atoms with Gasteiger partial charge in [0.2, 0.25) is 0 Å². The Labute approximate surface area is 113 Å². The van der Waals surface area contributed by atoms with Gasteiger partial charge in [-0.2, -0.15) is 0 Å². The fourth-order valence-electron chi connectivity index (χ4n) is 1.60. The van der Waals surface area contributed by atoms with Crippen LogP contribution >= 0.6 is 0 Å². The summed E-state index contributed by atoms with van der Waals surface area (Å²) in [4.78, 5) is 11.7. The molecule has 1 fully saturated rings. The minimum atomic E-state index is -0.440. The molecule has 0 aliphatic carbocycles. The SMILES string of the molecule is CC(C)(C)OC(=O)Cc1ccc(OC[C@@H]2CO2)cc1. The Hall–Kier alpha value is -1.55. The van der Waals surface area contributed by atoms with E-state index in [1.54, 1.807) is 0 Å². The van der Waals surface area contributed by atoms with Gasteiger partial charge >= 0.3 is 5.97 Å². The number of carbonyl (C=O) groups is 1. The third-order valence-electron chi connectivity index (χ3n) is 2.53. The molecule has 0 aromatic heterocycles. The lowest BCUT2D eigenvalue weighted by atomic mass is 10.1. The predicted octanol–water partition coefficient (Wildman–Crippen LogP) is 2.35. The molecule has 0 spiro atoms. The first kappa shape index (κ1) is 13.9. The Morgan fingerprint density at radius 3 is 2.47 bits per heavy atom. The number of hydrogen-bond acceptors (Lipinski definition) is 4. The van der Waals surface area contributed by atoms with E-state index >= 15 is 0 Å². The number of benzene rings is 1. The molecule has 19 heavy (non-hydrogen) atoms. The average molecular weight is 264 g/mol. The lowest BCUT2D eigenvalue weighted by Crippen LogP contribution is -2.24. The van der Waals surface area contributed by atoms with E-state index in [-0.39, 0.29) is 18.5 Å². The van der Waals surface area contributed by atoms with Crippen molar-refractivity contribution >= 4 is 5.97 Å². The Kier molecular flexibility index (Phi) is 4.10. The van der Waals surface area contributed by atoms with Crippen LogP contribution in [0.2, 0.25) is 0 Å². The molecule has 0 amide bonds. The maximum Gasteiger partial charge on any atom is 0.310 e. The normalized spacial score (nSPS) is 17.9. The summed E-state index contributed by atoms with van der Waals surface area (Å²) < 4.78 is 15.9. The molecule has 0 unspecified atom stereocenters. The fraction of sp³-hybridized carbons (Fsp3) is 0.533. The second-order valence-corrected chi connectivity index (χ2v) is 5.67. The van der Waals surface area contributed by atoms with E-state index < -0.39 is 5.60 Å². The van der Waals surface area contributed by atoms with Crippen molar-refractivity contribution in [3.63, 3.8) is 0 Å². The monoisotopic (exact) mass is 264 g/mol. The maximum atomic E-state index is 11.7. The van der Waals surface area contributed by atoms with Gasteiger partial charge in [0.15, 0.2) is 0 Å². The van der Waals surface area contributed by atoms with Crippen molar-refractivity contribution in [2.24, 2.45) is 0 Å². The zero-order valence-electron chi connectivity index (χ0n) is 11.6. The van der Waals surface area contributed by atoms with E-state index in [1.807, 2.05) is 45.0 Å². The zero-order chi connectivity index (χ0) is 13.9. The number of hydrogen-bond donors (Lipinski definition) is 0. The summed E-state index contributed by atoms with van der Waals surface area (Å²) in [6.07, 6.45) is 0.532. The van der Waals surface area contributed by atoms with Crippen LogP contribution in [0.3, 0.4) is 0 Å². The van der Waals surface area contributed by atoms with Crippen LogP contribution in [-0.4, -0.2) is 30.9 Å². The molecule has 1 saturated heterocycles. The molecule has 4 nitrogen and oxygen atoms in total. The van der Waals surface area contributed by atoms with E-state index in [2.05, 4.69) is 0 Å². The van der Waals surface area contributed by atoms with Crippen LogP contribution in [-0.2, 0) is 20.7 Å². The van der Waals surface area contributed by atoms with Gasteiger partial charge in [-0.15, -0.1) is 0 Å². The molecule has 104 valence electrons. The second-order valence-electron chi connectivity index (χ2n) is 5.67. The van der Waals surface area contributed by atoms with Crippen LogP contribution in [0.1, 0.15) is 26.3 Å². The van der Waals surface area contributed by atoms with Gasteiger partial charge in [0.1, 0.15) is 24.1 Å². The lowest BCUT2D eigenvalue weighted by molar-refractivity contribution is -0.153. The average Bonchev–Trinajstić information content (AvgIpc) is 3.09. The highest BCUT2D eigenvalue weighted by molar-refractivity contribution is 5.73. The number of carbonyl (C=O) groups excluding carboxylic acids is 1. The Bertz CT molecular complexity index is 426. The number of rotatable bonds is 5. The molecule has 0 N–H and O–H groups in total. The molecule has 1 heterocycles. The topological polar surface area (TPSA) is 48.1 Å². The van der Waals surface area contributed by atoms with Crippen molar-refractivity contribution in [1.82, 2.24) is 0 Å². The number of esters is 1. The van der Waals surface area contributed by atoms with Crippen molar-refractivity contribution in [2.45, 2.75) is 38.9 Å². The summed E-state index contributed by atoms with van der Waals surface area (Å²) in [5, 5.41) is 0. The predicted molar refractivity (Wildman–Crippen MR) is 71.2 cm³/mol. The highest BCUT2D eigenvalue weighted by Crippen LogP contribution is 2.17. The summed E-state index contributed by atoms with van der Waals surface area (Å²) in [6, 6.07) is 7.49. The smallest absolute Gasteiger partial charge is 0.310 e. The Morgan fingerprint density at radius 2 is 1.95 bits per heavy atom. The molecule has 4 heteroatoms. The first-order valence-corrected chi connectivity index (χ1v) is 6.47. The minimum absolute atomic E-state index is 0.215. The minimum Gasteiger partial charge on any atom is -0.491 e. The molecule has 1 aromatic carbocycles. The van der Waals surface area contributed by atoms with Gasteiger partial charge in [0, 0.05) is 0 Å². The number of ether oxygens (including phenoxy) is 3. The summed E-state index contributed by atoms with van der Waals surface area (Å²) in [5.41, 5.74) is 0.481. The van der Waals surface area contributed by atoms with Crippen molar-refractivity contribution in [3.8, 4) is 5.75 Å². The van der Waals surface area contributed by atoms with E-state index in [0.29, 0.717) is 6.61 Å². The molecule has 0 saturated carbocycles. The Balaban J connectivity index is 1.81. The molecule has 1 aromatic rings. The highest BCUT2D eigenvalue weighted by atomic mass is 16.6. The van der Waals surface area contributed by atoms with Crippen LogP contribution in [0, 0.1) is 0 Å². The van der Waals surface area contributed by atoms with Gasteiger partial charge < -0.3 is 14.2 Å². The molecule has 0 bridgehead atoms. The van der Waals surface area contributed by atoms with Crippen LogP contribution in [0.15, 0.2) is 24.3 Å². The molecule has 1 atom stereocenters. The van der Waals surface area contributed by atoms with Gasteiger partial charge in [-0.25, -0.2) is 0 Å². The van der Waals surface area contributed by atoms with Gasteiger partial charge in [-0.1, -0.05) is 12.1 Å². The third-order valence-corrected chi connectivity index (χ3v) is 2.53. The van der Waals surface area contributed by atoms with E-state index in [0.717, 1.165) is 17.9 Å². The summed E-state index contributed by atoms with van der Waals surface area (Å²) in [6.45, 7) is 6.97. The molecular weight excluding hydrogens is 244 g/mol. The van der Waals surface area contributed by atoms with Gasteiger partial charge in [0.25, 0.3) is 0 Å². The quantitative estimate of drug-likeness (QED) is 0.605. The third kappa shape index (κ3) is 5.30. The van der Waals surface area contributed by atoms with Crippen molar-refractivity contribution in [1.29, 1.82) is 0 Å². The molecule has 0 radical (unpaired) electrons. The van der Waals surface area contributed by atoms with Crippen molar-refractivity contribution in [2.75, 3.05) is 13.2 Å². The Morgan fingerprint density at radius 1 is 1.32 bits per heavy atom. The van der Waals surface area contributed by atoms with Crippen molar-refractivity contribution in [3.05, 3.63) is 29.8 Å². The van der Waals surface area contributed by atoms with Gasteiger partial charge in [0.05, 0.1) is 13.0 Å². The first-order valence-electron chi connectivity index (χ1n) is 6.47. The second kappa shape index (κ2) is 5.61. The van der Waals surface area contributed by atoms with Gasteiger partial charge in [-0.3, -0.25) is 4.79 Å². The molecule has 1 aliphatic rings. The standard InChI is InChI=1S/C15H20O4/c1-15(2,3)19-14(16)8-11-4-6-12(7-5-11)17-9-13-10-18-13/h4-7,13H,8-10H2,1-3H3/t13-/m1/s1. The molecular formula is C15H20O4. The summed E-state index contributed by atoms with van der Waals surface area (Å²) in [5.74, 6) is 0.580. The lowest BCUT2D eigenvalue weighted by Gasteiger charge is -2.19. The molecule has 1 aliphatic heterocycles. The number of epoxide rings is 1. The van der Waals surface area contributed by atoms with Crippen LogP contribution in [0.25, 0.3) is 0 Å². The van der Waals surface area contributed by atoms with Crippen LogP contribution in [0.4, 0.5) is 0 Å². The van der Waals surface area contributed by atoms with Crippen molar-refractivity contribution < 1.29 is 19.0 Å². The molecule has 2 rings (SSSR count). The first-order chi connectivity index (χ1) is 8.92. The largest absolute Gasteiger partial charge is 0.491 e. The fourth-order valence-corrected chi connectivity index (χ4v) is 1.60. The summed E-state index contributed by atoms with van der Waals surface area (Å²) in [7, 11) is 0. The maximum absolute atomic E-state index is 11.7. The zero-order valence-corrected chi connectivity index (χ0v) is 11.6. The van der Waals surface area contributed by atoms with Crippen LogP contribution in [0.5, 0.6) is 5.75 Å². The summed E-state index contributed by atoms with van der Waals surface area (Å²) >= 11 is 0. The highest BCUT2D eigenvalue weighted by Gasteiger charge is 2.23. The van der Waals surface area contributed by atoms with Crippen LogP contribution < -0.4 is 4.74 Å². The van der Waals surface area contributed by atoms with E-state index in [9.17, 15) is 4.79 Å². The van der Waals surface area contributed by atoms with E-state index in [4.69, 9.17) is 14.2 Å². The van der Waals surface area contributed by atoms with E-state index in [1.165, 1.54) is 0 Å².